The fourth-order valence-corrected chi connectivity index (χ4v) is 3.14. The zero-order chi connectivity index (χ0) is 21.7. The molecule has 1 aliphatic rings. The number of carbonyl (C=O) groups is 2. The molecule has 160 valence electrons. The maximum Gasteiger partial charge on any atom is 0.338 e. The van der Waals surface area contributed by atoms with E-state index in [4.69, 9.17) is 45.8 Å². The molecule has 0 aromatic heterocycles. The first kappa shape index (κ1) is 21.5. The molecule has 0 radical (unpaired) electrons. The molecule has 2 aromatic rings. The molecule has 2 aromatic carbocycles. The highest BCUT2D eigenvalue weighted by Crippen LogP contribution is 2.39. The van der Waals surface area contributed by atoms with E-state index in [1.54, 1.807) is 12.1 Å². The van der Waals surface area contributed by atoms with Gasteiger partial charge in [-0.2, -0.15) is 0 Å². The summed E-state index contributed by atoms with van der Waals surface area (Å²) in [7, 11) is 2.78. The van der Waals surface area contributed by atoms with Crippen LogP contribution in [0.4, 0.5) is 0 Å². The van der Waals surface area contributed by atoms with Crippen LogP contribution in [0.15, 0.2) is 24.3 Å². The highest BCUT2D eigenvalue weighted by atomic mass is 35.5. The molecule has 2 N–H and O–H groups in total. The van der Waals surface area contributed by atoms with Crippen LogP contribution in [-0.4, -0.2) is 39.5 Å². The predicted octanol–water partition coefficient (Wildman–Crippen LogP) is 2.44. The van der Waals surface area contributed by atoms with E-state index < -0.39 is 11.9 Å². The fraction of sp³-hybridized carbons (Fsp3) is 0.300. The van der Waals surface area contributed by atoms with Crippen LogP contribution in [0.3, 0.4) is 0 Å². The Morgan fingerprint density at radius 2 is 1.83 bits per heavy atom. The van der Waals surface area contributed by atoms with Crippen LogP contribution < -0.4 is 24.7 Å². The smallest absolute Gasteiger partial charge is 0.338 e. The van der Waals surface area contributed by atoms with Gasteiger partial charge >= 0.3 is 5.97 Å². The van der Waals surface area contributed by atoms with Crippen LogP contribution in [-0.2, 0) is 27.5 Å². The molecule has 10 heteroatoms. The van der Waals surface area contributed by atoms with E-state index in [2.05, 4.69) is 0 Å². The number of ether oxygens (including phenoxy) is 6. The van der Waals surface area contributed by atoms with Crippen molar-refractivity contribution >= 4 is 23.5 Å². The highest BCUT2D eigenvalue weighted by molar-refractivity contribution is 6.30. The van der Waals surface area contributed by atoms with Crippen molar-refractivity contribution in [1.82, 2.24) is 0 Å². The van der Waals surface area contributed by atoms with Gasteiger partial charge in [0.25, 0.3) is 5.91 Å². The zero-order valence-electron chi connectivity index (χ0n) is 16.4. The first-order chi connectivity index (χ1) is 14.4. The van der Waals surface area contributed by atoms with E-state index in [1.165, 1.54) is 26.4 Å². The third-order valence-corrected chi connectivity index (χ3v) is 4.38. The summed E-state index contributed by atoms with van der Waals surface area (Å²) in [6.45, 7) is 0.0289. The van der Waals surface area contributed by atoms with E-state index in [0.29, 0.717) is 22.9 Å². The molecule has 0 saturated heterocycles. The number of hydrogen-bond donors (Lipinski definition) is 1. The minimum absolute atomic E-state index is 0.0632. The summed E-state index contributed by atoms with van der Waals surface area (Å²) >= 11 is 6.13. The summed E-state index contributed by atoms with van der Waals surface area (Å²) in [4.78, 5) is 23.6. The van der Waals surface area contributed by atoms with Crippen molar-refractivity contribution in [1.29, 1.82) is 0 Å². The highest BCUT2D eigenvalue weighted by Gasteiger charge is 2.21. The van der Waals surface area contributed by atoms with Gasteiger partial charge < -0.3 is 34.2 Å². The molecule has 0 aliphatic carbocycles. The van der Waals surface area contributed by atoms with Gasteiger partial charge in [0.1, 0.15) is 12.4 Å². The van der Waals surface area contributed by atoms with Gasteiger partial charge in [0.05, 0.1) is 26.4 Å². The topological polar surface area (TPSA) is 116 Å². The number of halogens is 1. The average molecular weight is 438 g/mol. The number of esters is 1. The van der Waals surface area contributed by atoms with Crippen LogP contribution >= 0.6 is 11.6 Å². The third-order valence-electron chi connectivity index (χ3n) is 4.17. The van der Waals surface area contributed by atoms with Crippen molar-refractivity contribution in [3.8, 4) is 23.0 Å². The second-order valence-corrected chi connectivity index (χ2v) is 6.64. The number of rotatable bonds is 8. The Bertz CT molecular complexity index is 937. The van der Waals surface area contributed by atoms with Crippen LogP contribution in [0.25, 0.3) is 0 Å². The summed E-state index contributed by atoms with van der Waals surface area (Å²) in [5, 5.41) is 0.480. The molecule has 0 unspecified atom stereocenters. The Balaban J connectivity index is 1.80. The Morgan fingerprint density at radius 3 is 2.47 bits per heavy atom. The van der Waals surface area contributed by atoms with E-state index in [0.717, 1.165) is 5.56 Å². The molecule has 1 heterocycles. The largest absolute Gasteiger partial charge is 0.493 e. The predicted molar refractivity (Wildman–Crippen MR) is 105 cm³/mol. The Morgan fingerprint density at radius 1 is 1.13 bits per heavy atom. The second-order valence-electron chi connectivity index (χ2n) is 6.20. The molecule has 1 amide bonds. The van der Waals surface area contributed by atoms with Crippen molar-refractivity contribution < 1.29 is 38.0 Å². The second kappa shape index (κ2) is 9.55. The van der Waals surface area contributed by atoms with Gasteiger partial charge in [0.2, 0.25) is 5.75 Å². The normalized spacial score (nSPS) is 12.4. The number of primary amides is 1. The van der Waals surface area contributed by atoms with Gasteiger partial charge in [-0.15, -0.1) is 0 Å². The van der Waals surface area contributed by atoms with Gasteiger partial charge in [0, 0.05) is 16.1 Å². The standard InChI is InChI=1S/C20H20ClNO8/c1-25-15-5-11(6-16(26-2)19(15)28-9-17(22)23)20(24)29-8-13-4-14(21)3-12-7-27-10-30-18(12)13/h3-6H,7-10H2,1-2H3,(H2,22,23). The summed E-state index contributed by atoms with van der Waals surface area (Å²) < 4.78 is 32.0. The first-order valence-electron chi connectivity index (χ1n) is 8.79. The fourth-order valence-electron chi connectivity index (χ4n) is 2.87. The summed E-state index contributed by atoms with van der Waals surface area (Å²) in [5.74, 6) is -0.197. The number of hydrogen-bond acceptors (Lipinski definition) is 8. The molecule has 0 atom stereocenters. The van der Waals surface area contributed by atoms with Crippen molar-refractivity contribution in [3.63, 3.8) is 0 Å². The molecule has 1 aliphatic heterocycles. The Labute approximate surface area is 177 Å². The van der Waals surface area contributed by atoms with E-state index >= 15 is 0 Å². The lowest BCUT2D eigenvalue weighted by atomic mass is 10.1. The zero-order valence-corrected chi connectivity index (χ0v) is 17.1. The van der Waals surface area contributed by atoms with Crippen LogP contribution in [0.5, 0.6) is 23.0 Å². The minimum atomic E-state index is -0.667. The van der Waals surface area contributed by atoms with Crippen molar-refractivity contribution in [2.24, 2.45) is 5.73 Å². The molecule has 0 spiro atoms. The number of benzene rings is 2. The Hall–Kier alpha value is -3.17. The SMILES string of the molecule is COc1cc(C(=O)OCc2cc(Cl)cc3c2OCOC3)cc(OC)c1OCC(N)=O. The summed E-state index contributed by atoms with van der Waals surface area (Å²) in [5.41, 5.74) is 6.67. The van der Waals surface area contributed by atoms with Crippen LogP contribution in [0.1, 0.15) is 21.5 Å². The lowest BCUT2D eigenvalue weighted by Crippen LogP contribution is -2.20. The van der Waals surface area contributed by atoms with Gasteiger partial charge in [-0.05, 0) is 24.3 Å². The quantitative estimate of drug-likeness (QED) is 0.626. The maximum atomic E-state index is 12.6. The first-order valence-corrected chi connectivity index (χ1v) is 9.16. The summed E-state index contributed by atoms with van der Waals surface area (Å²) in [6.07, 6.45) is 0. The van der Waals surface area contributed by atoms with Crippen molar-refractivity contribution in [3.05, 3.63) is 46.0 Å². The number of fused-ring (bicyclic) bond motifs is 1. The molecule has 0 saturated carbocycles. The van der Waals surface area contributed by atoms with E-state index in [-0.39, 0.29) is 42.8 Å². The van der Waals surface area contributed by atoms with Crippen molar-refractivity contribution in [2.45, 2.75) is 13.2 Å². The molecular weight excluding hydrogens is 418 g/mol. The lowest BCUT2D eigenvalue weighted by Gasteiger charge is -2.21. The minimum Gasteiger partial charge on any atom is -0.493 e. The van der Waals surface area contributed by atoms with Crippen LogP contribution in [0, 0.1) is 0 Å². The number of nitrogens with two attached hydrogens (primary N) is 1. The molecule has 3 rings (SSSR count). The molecule has 30 heavy (non-hydrogen) atoms. The van der Waals surface area contributed by atoms with Gasteiger partial charge in [-0.25, -0.2) is 4.79 Å². The molecule has 9 nitrogen and oxygen atoms in total. The van der Waals surface area contributed by atoms with E-state index in [9.17, 15) is 9.59 Å². The number of methoxy groups -OCH3 is 2. The lowest BCUT2D eigenvalue weighted by molar-refractivity contribution is -0.120. The average Bonchev–Trinajstić information content (AvgIpc) is 2.74. The monoisotopic (exact) mass is 437 g/mol. The van der Waals surface area contributed by atoms with Crippen LogP contribution in [0.2, 0.25) is 5.02 Å². The van der Waals surface area contributed by atoms with E-state index in [1.807, 2.05) is 0 Å². The third kappa shape index (κ3) is 4.87. The van der Waals surface area contributed by atoms with Gasteiger partial charge in [-0.1, -0.05) is 11.6 Å². The number of carbonyl (C=O) groups excluding carboxylic acids is 2. The Kier molecular flexibility index (Phi) is 6.86. The molecular formula is C20H20ClNO8. The molecule has 0 bridgehead atoms. The molecule has 0 fully saturated rings. The van der Waals surface area contributed by atoms with Gasteiger partial charge in [0.15, 0.2) is 24.9 Å². The number of amides is 1. The van der Waals surface area contributed by atoms with Crippen molar-refractivity contribution in [2.75, 3.05) is 27.6 Å². The summed E-state index contributed by atoms with van der Waals surface area (Å²) in [6, 6.07) is 6.24. The maximum absolute atomic E-state index is 12.6. The van der Waals surface area contributed by atoms with Gasteiger partial charge in [-0.3, -0.25) is 4.79 Å².